The number of aromatic carboxylic acids is 1. The molecule has 0 aliphatic heterocycles. The van der Waals surface area contributed by atoms with E-state index in [9.17, 15) is 4.79 Å². The minimum absolute atomic E-state index is 0.142. The largest absolute Gasteiger partial charge is 0.477 e. The van der Waals surface area contributed by atoms with Gasteiger partial charge in [0.25, 0.3) is 0 Å². The monoisotopic (exact) mass is 262 g/mol. The third-order valence-electron chi connectivity index (χ3n) is 2.47. The fourth-order valence-corrected chi connectivity index (χ4v) is 2.39. The molecule has 5 heteroatoms. The molecule has 0 fully saturated rings. The molecule has 0 unspecified atom stereocenters. The smallest absolute Gasteiger partial charge is 0.354 e. The summed E-state index contributed by atoms with van der Waals surface area (Å²) in [6.45, 7) is 3.84. The molecule has 1 heterocycles. The molecule has 0 aliphatic rings. The van der Waals surface area contributed by atoms with Gasteiger partial charge in [-0.2, -0.15) is 0 Å². The molecule has 0 spiro atoms. The summed E-state index contributed by atoms with van der Waals surface area (Å²) in [7, 11) is 0. The van der Waals surface area contributed by atoms with E-state index >= 15 is 0 Å². The fourth-order valence-electron chi connectivity index (χ4n) is 1.73. The summed E-state index contributed by atoms with van der Waals surface area (Å²) in [5.41, 5.74) is 1.45. The molecule has 1 aromatic heterocycles. The minimum atomic E-state index is -0.988. The topological polar surface area (TPSA) is 66.0 Å². The molecular formula is C13H14N2O2S. The Morgan fingerprint density at radius 1 is 1.39 bits per heavy atom. The summed E-state index contributed by atoms with van der Waals surface area (Å²) in [5, 5.41) is 9.10. The predicted molar refractivity (Wildman–Crippen MR) is 72.1 cm³/mol. The number of nitrogens with one attached hydrogen (secondary N) is 1. The van der Waals surface area contributed by atoms with Gasteiger partial charge in [0.05, 0.1) is 0 Å². The number of thioether (sulfide) groups is 1. The van der Waals surface area contributed by atoms with Crippen LogP contribution in [-0.4, -0.2) is 26.8 Å². The molecule has 18 heavy (non-hydrogen) atoms. The Bertz CT molecular complexity index is 561. The number of carboxylic acids is 1. The fraction of sp³-hybridized carbons (Fsp3) is 0.231. The van der Waals surface area contributed by atoms with Crippen molar-refractivity contribution in [2.75, 3.05) is 5.75 Å². The zero-order valence-corrected chi connectivity index (χ0v) is 11.0. The van der Waals surface area contributed by atoms with Crippen molar-refractivity contribution in [3.05, 3.63) is 35.8 Å². The molecule has 0 amide bonds. The van der Waals surface area contributed by atoms with Crippen LogP contribution in [0.3, 0.4) is 0 Å². The highest BCUT2D eigenvalue weighted by atomic mass is 32.2. The lowest BCUT2D eigenvalue weighted by Gasteiger charge is -2.01. The normalized spacial score (nSPS) is 10.6. The van der Waals surface area contributed by atoms with E-state index in [2.05, 4.69) is 16.9 Å². The van der Waals surface area contributed by atoms with Gasteiger partial charge in [0, 0.05) is 10.5 Å². The molecule has 0 saturated heterocycles. The number of nitrogens with zero attached hydrogens (tertiary/aromatic N) is 1. The Morgan fingerprint density at radius 3 is 2.61 bits per heavy atom. The van der Waals surface area contributed by atoms with E-state index in [0.717, 1.165) is 11.3 Å². The summed E-state index contributed by atoms with van der Waals surface area (Å²) in [6.07, 6.45) is 0. The summed E-state index contributed by atoms with van der Waals surface area (Å²) in [6, 6.07) is 7.78. The quantitative estimate of drug-likeness (QED) is 0.830. The number of hydrogen-bond donors (Lipinski definition) is 2. The van der Waals surface area contributed by atoms with Crippen molar-refractivity contribution < 1.29 is 9.90 Å². The Kier molecular flexibility index (Phi) is 3.72. The number of imidazole rings is 1. The first-order valence-electron chi connectivity index (χ1n) is 5.65. The van der Waals surface area contributed by atoms with Crippen molar-refractivity contribution in [3.63, 3.8) is 0 Å². The van der Waals surface area contributed by atoms with Gasteiger partial charge in [0.2, 0.25) is 0 Å². The van der Waals surface area contributed by atoms with Crippen molar-refractivity contribution >= 4 is 17.7 Å². The number of aromatic amines is 1. The SMILES string of the molecule is CCSc1ccc(-c2nc(C)[nH]c2C(=O)O)cc1. The lowest BCUT2D eigenvalue weighted by molar-refractivity contribution is 0.0692. The van der Waals surface area contributed by atoms with Gasteiger partial charge in [0.15, 0.2) is 5.69 Å². The number of carboxylic acid groups (broad SMARTS) is 1. The molecule has 1 aromatic carbocycles. The standard InChI is InChI=1S/C13H14N2O2S/c1-3-18-10-6-4-9(5-7-10)11-12(13(16)17)15-8(2)14-11/h4-7H,3H2,1-2H3,(H,14,15)(H,16,17). The van der Waals surface area contributed by atoms with Crippen LogP contribution >= 0.6 is 11.8 Å². The second-order valence-corrected chi connectivity index (χ2v) is 5.15. The maximum Gasteiger partial charge on any atom is 0.354 e. The highest BCUT2D eigenvalue weighted by Crippen LogP contribution is 2.25. The molecule has 94 valence electrons. The first kappa shape index (κ1) is 12.7. The van der Waals surface area contributed by atoms with Crippen molar-refractivity contribution in [1.82, 2.24) is 9.97 Å². The van der Waals surface area contributed by atoms with Gasteiger partial charge < -0.3 is 10.1 Å². The molecule has 0 aliphatic carbocycles. The Balaban J connectivity index is 2.39. The zero-order chi connectivity index (χ0) is 13.1. The first-order chi connectivity index (χ1) is 8.61. The van der Waals surface area contributed by atoms with E-state index in [1.54, 1.807) is 18.7 Å². The lowest BCUT2D eigenvalue weighted by atomic mass is 10.1. The summed E-state index contributed by atoms with van der Waals surface area (Å²) < 4.78 is 0. The zero-order valence-electron chi connectivity index (χ0n) is 10.2. The van der Waals surface area contributed by atoms with E-state index in [0.29, 0.717) is 11.5 Å². The molecule has 4 nitrogen and oxygen atoms in total. The van der Waals surface area contributed by atoms with Crippen molar-refractivity contribution in [2.45, 2.75) is 18.7 Å². The van der Waals surface area contributed by atoms with Crippen LogP contribution in [-0.2, 0) is 0 Å². The second kappa shape index (κ2) is 5.27. The first-order valence-corrected chi connectivity index (χ1v) is 6.63. The van der Waals surface area contributed by atoms with Crippen LogP contribution in [0.1, 0.15) is 23.2 Å². The molecule has 2 aromatic rings. The van der Waals surface area contributed by atoms with E-state index < -0.39 is 5.97 Å². The van der Waals surface area contributed by atoms with Gasteiger partial charge in [-0.15, -0.1) is 11.8 Å². The Hall–Kier alpha value is -1.75. The third kappa shape index (κ3) is 2.56. The number of benzene rings is 1. The van der Waals surface area contributed by atoms with Crippen molar-refractivity contribution in [3.8, 4) is 11.3 Å². The summed E-state index contributed by atoms with van der Waals surface area (Å²) >= 11 is 1.75. The number of rotatable bonds is 4. The second-order valence-electron chi connectivity index (χ2n) is 3.81. The molecule has 0 atom stereocenters. The van der Waals surface area contributed by atoms with Gasteiger partial charge in [-0.05, 0) is 24.8 Å². The van der Waals surface area contributed by atoms with Gasteiger partial charge in [0.1, 0.15) is 11.5 Å². The van der Waals surface area contributed by atoms with Gasteiger partial charge in [-0.25, -0.2) is 9.78 Å². The van der Waals surface area contributed by atoms with Crippen LogP contribution < -0.4 is 0 Å². The van der Waals surface area contributed by atoms with Crippen LogP contribution in [0.15, 0.2) is 29.2 Å². The van der Waals surface area contributed by atoms with Crippen LogP contribution in [0.4, 0.5) is 0 Å². The number of aromatic nitrogens is 2. The van der Waals surface area contributed by atoms with Crippen LogP contribution in [0.25, 0.3) is 11.3 Å². The van der Waals surface area contributed by atoms with Crippen molar-refractivity contribution in [1.29, 1.82) is 0 Å². The minimum Gasteiger partial charge on any atom is -0.477 e. The Morgan fingerprint density at radius 2 is 2.06 bits per heavy atom. The predicted octanol–water partition coefficient (Wildman–Crippen LogP) is 3.20. The van der Waals surface area contributed by atoms with Gasteiger partial charge in [-0.1, -0.05) is 19.1 Å². The Labute approximate surface area is 109 Å². The van der Waals surface area contributed by atoms with Gasteiger partial charge in [-0.3, -0.25) is 0 Å². The summed E-state index contributed by atoms with van der Waals surface area (Å²) in [4.78, 5) is 19.3. The van der Waals surface area contributed by atoms with E-state index in [4.69, 9.17) is 5.11 Å². The average molecular weight is 262 g/mol. The third-order valence-corrected chi connectivity index (χ3v) is 3.37. The maximum absolute atomic E-state index is 11.1. The molecular weight excluding hydrogens is 248 g/mol. The lowest BCUT2D eigenvalue weighted by Crippen LogP contribution is -1.99. The number of H-pyrrole nitrogens is 1. The number of carbonyl (C=O) groups is 1. The van der Waals surface area contributed by atoms with Gasteiger partial charge >= 0.3 is 5.97 Å². The molecule has 0 bridgehead atoms. The highest BCUT2D eigenvalue weighted by molar-refractivity contribution is 7.99. The van der Waals surface area contributed by atoms with Crippen LogP contribution in [0, 0.1) is 6.92 Å². The van der Waals surface area contributed by atoms with E-state index in [-0.39, 0.29) is 5.69 Å². The van der Waals surface area contributed by atoms with Crippen LogP contribution in [0.5, 0.6) is 0 Å². The molecule has 0 radical (unpaired) electrons. The maximum atomic E-state index is 11.1. The highest BCUT2D eigenvalue weighted by Gasteiger charge is 2.16. The molecule has 2 N–H and O–H groups in total. The number of hydrogen-bond acceptors (Lipinski definition) is 3. The molecule has 0 saturated carbocycles. The molecule has 2 rings (SSSR count). The van der Waals surface area contributed by atoms with E-state index in [1.165, 1.54) is 4.90 Å². The summed E-state index contributed by atoms with van der Waals surface area (Å²) in [5.74, 6) is 0.633. The van der Waals surface area contributed by atoms with E-state index in [1.807, 2.05) is 24.3 Å². The van der Waals surface area contributed by atoms with Crippen molar-refractivity contribution in [2.24, 2.45) is 0 Å². The van der Waals surface area contributed by atoms with Crippen LogP contribution in [0.2, 0.25) is 0 Å². The number of aryl methyl sites for hydroxylation is 1. The average Bonchev–Trinajstić information content (AvgIpc) is 2.73.